The Hall–Kier alpha value is -1.95. The van der Waals surface area contributed by atoms with Gasteiger partial charge in [0, 0.05) is 6.07 Å². The van der Waals surface area contributed by atoms with Crippen LogP contribution in [0.15, 0.2) is 18.2 Å². The number of hydrogen-bond acceptors (Lipinski definition) is 3. The molecule has 1 rings (SSSR count). The molecule has 1 N–H and O–H groups in total. The van der Waals surface area contributed by atoms with E-state index in [1.165, 1.54) is 12.1 Å². The average Bonchev–Trinajstić information content (AvgIpc) is 2.17. The van der Waals surface area contributed by atoms with E-state index in [2.05, 4.69) is 5.92 Å². The highest BCUT2D eigenvalue weighted by Gasteiger charge is 2.16. The number of ether oxygens (including phenoxy) is 1. The number of rotatable bonds is 3. The van der Waals surface area contributed by atoms with Gasteiger partial charge in [0.05, 0.1) is 5.56 Å². The quantitative estimate of drug-likeness (QED) is 0.605. The lowest BCUT2D eigenvalue weighted by Crippen LogP contribution is -2.25. The van der Waals surface area contributed by atoms with E-state index in [1.54, 1.807) is 19.9 Å². The Morgan fingerprint density at radius 1 is 1.53 bits per heavy atom. The third kappa shape index (κ3) is 2.75. The maximum atomic E-state index is 10.4. The summed E-state index contributed by atoms with van der Waals surface area (Å²) >= 11 is 0. The molecule has 0 heterocycles. The van der Waals surface area contributed by atoms with Crippen LogP contribution in [0.5, 0.6) is 11.5 Å². The first-order valence-corrected chi connectivity index (χ1v) is 4.43. The number of carbonyl (C=O) groups is 1. The molecule has 3 nitrogen and oxygen atoms in total. The van der Waals surface area contributed by atoms with E-state index in [-0.39, 0.29) is 11.3 Å². The van der Waals surface area contributed by atoms with Crippen LogP contribution in [0.3, 0.4) is 0 Å². The van der Waals surface area contributed by atoms with E-state index < -0.39 is 5.60 Å². The van der Waals surface area contributed by atoms with Crippen molar-refractivity contribution < 1.29 is 14.6 Å². The second kappa shape index (κ2) is 4.05. The van der Waals surface area contributed by atoms with Crippen molar-refractivity contribution in [2.45, 2.75) is 19.4 Å². The summed E-state index contributed by atoms with van der Waals surface area (Å²) in [4.78, 5) is 10.4. The molecule has 0 saturated heterocycles. The second-order valence-electron chi connectivity index (χ2n) is 3.60. The summed E-state index contributed by atoms with van der Waals surface area (Å²) in [6.45, 7) is 3.47. The summed E-state index contributed by atoms with van der Waals surface area (Å²) < 4.78 is 5.42. The van der Waals surface area contributed by atoms with Gasteiger partial charge in [0.1, 0.15) is 11.5 Å². The molecular formula is C12H12O3. The molecule has 0 atom stereocenters. The monoisotopic (exact) mass is 204 g/mol. The summed E-state index contributed by atoms with van der Waals surface area (Å²) in [6, 6.07) is 4.43. The number of benzene rings is 1. The first kappa shape index (κ1) is 11.1. The van der Waals surface area contributed by atoms with Gasteiger partial charge in [0.25, 0.3) is 0 Å². The minimum absolute atomic E-state index is 0.115. The molecular weight excluding hydrogens is 192 g/mol. The number of hydrogen-bond donors (Lipinski definition) is 1. The zero-order valence-corrected chi connectivity index (χ0v) is 8.65. The van der Waals surface area contributed by atoms with Gasteiger partial charge in [-0.3, -0.25) is 4.79 Å². The SMILES string of the molecule is C#CC(C)(C)Oc1ccc(C=O)c(O)c1. The normalized spacial score (nSPS) is 10.5. The molecule has 0 aliphatic carbocycles. The number of carbonyl (C=O) groups excluding carboxylic acids is 1. The number of aldehydes is 1. The molecule has 0 fully saturated rings. The molecule has 0 spiro atoms. The van der Waals surface area contributed by atoms with E-state index in [0.29, 0.717) is 12.0 Å². The van der Waals surface area contributed by atoms with Crippen LogP contribution in [0.4, 0.5) is 0 Å². The van der Waals surface area contributed by atoms with Gasteiger partial charge in [-0.2, -0.15) is 0 Å². The third-order valence-corrected chi connectivity index (χ3v) is 1.85. The highest BCUT2D eigenvalue weighted by Crippen LogP contribution is 2.25. The van der Waals surface area contributed by atoms with Gasteiger partial charge in [-0.05, 0) is 26.0 Å². The lowest BCUT2D eigenvalue weighted by Gasteiger charge is -2.20. The molecule has 0 unspecified atom stereocenters. The molecule has 0 bridgehead atoms. The Morgan fingerprint density at radius 3 is 2.67 bits per heavy atom. The number of terminal acetylenes is 1. The molecule has 0 aliphatic rings. The van der Waals surface area contributed by atoms with E-state index in [0.717, 1.165) is 0 Å². The van der Waals surface area contributed by atoms with E-state index in [1.807, 2.05) is 0 Å². The van der Waals surface area contributed by atoms with Crippen molar-refractivity contribution in [3.8, 4) is 23.8 Å². The highest BCUT2D eigenvalue weighted by molar-refractivity contribution is 5.79. The molecule has 78 valence electrons. The van der Waals surface area contributed by atoms with Crippen molar-refractivity contribution in [1.29, 1.82) is 0 Å². The predicted molar refractivity (Wildman–Crippen MR) is 57.0 cm³/mol. The summed E-state index contributed by atoms with van der Waals surface area (Å²) in [6.07, 6.45) is 5.83. The smallest absolute Gasteiger partial charge is 0.163 e. The molecule has 0 aromatic heterocycles. The van der Waals surface area contributed by atoms with Crippen molar-refractivity contribution in [2.24, 2.45) is 0 Å². The maximum Gasteiger partial charge on any atom is 0.163 e. The minimum atomic E-state index is -0.741. The van der Waals surface area contributed by atoms with Crippen LogP contribution in [0.25, 0.3) is 0 Å². The summed E-state index contributed by atoms with van der Waals surface area (Å²) in [5.41, 5.74) is -0.518. The van der Waals surface area contributed by atoms with Crippen LogP contribution < -0.4 is 4.74 Å². The largest absolute Gasteiger partial charge is 0.507 e. The topological polar surface area (TPSA) is 46.5 Å². The van der Waals surface area contributed by atoms with E-state index in [4.69, 9.17) is 11.2 Å². The Morgan fingerprint density at radius 2 is 2.20 bits per heavy atom. The standard InChI is InChI=1S/C12H12O3/c1-4-12(2,3)15-10-6-5-9(8-13)11(14)7-10/h1,5-8,14H,2-3H3. The fourth-order valence-corrected chi connectivity index (χ4v) is 1.01. The molecule has 0 aliphatic heterocycles. The molecule has 1 aromatic rings. The van der Waals surface area contributed by atoms with Gasteiger partial charge in [-0.15, -0.1) is 6.42 Å². The fraction of sp³-hybridized carbons (Fsp3) is 0.250. The Balaban J connectivity index is 2.95. The minimum Gasteiger partial charge on any atom is -0.507 e. The predicted octanol–water partition coefficient (Wildman–Crippen LogP) is 2.00. The maximum absolute atomic E-state index is 10.4. The summed E-state index contributed by atoms with van der Waals surface area (Å²) in [5, 5.41) is 9.40. The highest BCUT2D eigenvalue weighted by atomic mass is 16.5. The van der Waals surface area contributed by atoms with Crippen molar-refractivity contribution in [2.75, 3.05) is 0 Å². The molecule has 0 saturated carbocycles. The van der Waals surface area contributed by atoms with Crippen LogP contribution in [0.2, 0.25) is 0 Å². The van der Waals surface area contributed by atoms with Crippen molar-refractivity contribution in [1.82, 2.24) is 0 Å². The van der Waals surface area contributed by atoms with Gasteiger partial charge >= 0.3 is 0 Å². The molecule has 0 radical (unpaired) electrons. The Kier molecular flexibility index (Phi) is 3.01. The van der Waals surface area contributed by atoms with Crippen LogP contribution >= 0.6 is 0 Å². The molecule has 15 heavy (non-hydrogen) atoms. The van der Waals surface area contributed by atoms with Gasteiger partial charge < -0.3 is 9.84 Å². The molecule has 0 amide bonds. The van der Waals surface area contributed by atoms with Crippen LogP contribution in [0.1, 0.15) is 24.2 Å². The van der Waals surface area contributed by atoms with Crippen LogP contribution in [-0.4, -0.2) is 17.0 Å². The number of phenols is 1. The van der Waals surface area contributed by atoms with Crippen molar-refractivity contribution in [3.63, 3.8) is 0 Å². The molecule has 3 heteroatoms. The second-order valence-corrected chi connectivity index (χ2v) is 3.60. The summed E-state index contributed by atoms with van der Waals surface area (Å²) in [7, 11) is 0. The van der Waals surface area contributed by atoms with Crippen LogP contribution in [0, 0.1) is 12.3 Å². The number of phenolic OH excluding ortho intramolecular Hbond substituents is 1. The van der Waals surface area contributed by atoms with Crippen molar-refractivity contribution >= 4 is 6.29 Å². The Bertz CT molecular complexity index is 413. The van der Waals surface area contributed by atoms with E-state index in [9.17, 15) is 9.90 Å². The Labute approximate surface area is 88.7 Å². The summed E-state index contributed by atoms with van der Waals surface area (Å²) in [5.74, 6) is 2.78. The third-order valence-electron chi connectivity index (χ3n) is 1.85. The van der Waals surface area contributed by atoms with Crippen molar-refractivity contribution in [3.05, 3.63) is 23.8 Å². The van der Waals surface area contributed by atoms with Gasteiger partial charge in [-0.1, -0.05) is 5.92 Å². The first-order chi connectivity index (χ1) is 6.98. The lowest BCUT2D eigenvalue weighted by atomic mass is 10.1. The van der Waals surface area contributed by atoms with E-state index >= 15 is 0 Å². The van der Waals surface area contributed by atoms with Gasteiger partial charge in [0.2, 0.25) is 0 Å². The first-order valence-electron chi connectivity index (χ1n) is 4.43. The molecule has 1 aromatic carbocycles. The fourth-order valence-electron chi connectivity index (χ4n) is 1.01. The van der Waals surface area contributed by atoms with Crippen LogP contribution in [-0.2, 0) is 0 Å². The lowest BCUT2D eigenvalue weighted by molar-refractivity contribution is 0.112. The number of aromatic hydroxyl groups is 1. The van der Waals surface area contributed by atoms with Gasteiger partial charge in [0.15, 0.2) is 11.9 Å². The zero-order valence-electron chi connectivity index (χ0n) is 8.65. The zero-order chi connectivity index (χ0) is 11.5. The van der Waals surface area contributed by atoms with Gasteiger partial charge in [-0.25, -0.2) is 0 Å². The average molecular weight is 204 g/mol.